The predicted octanol–water partition coefficient (Wildman–Crippen LogP) is 7.82. The predicted molar refractivity (Wildman–Crippen MR) is 160 cm³/mol. The minimum atomic E-state index is -4.30. The minimum Gasteiger partial charge on any atom is -0.492 e. The first kappa shape index (κ1) is 32.9. The lowest BCUT2D eigenvalue weighted by atomic mass is 9.90. The number of benzene rings is 3. The molecule has 41 heavy (non-hydrogen) atoms. The molecule has 0 N–H and O–H groups in total. The molecule has 3 aromatic rings. The Hall–Kier alpha value is -2.58. The lowest BCUT2D eigenvalue weighted by Gasteiger charge is -2.32. The number of fused-ring (bicyclic) bond motifs is 1. The van der Waals surface area contributed by atoms with Crippen LogP contribution in [0, 0.1) is 5.92 Å². The Kier molecular flexibility index (Phi) is 12.1. The lowest BCUT2D eigenvalue weighted by Crippen LogP contribution is -2.33. The Morgan fingerprint density at radius 2 is 1.49 bits per heavy atom. The van der Waals surface area contributed by atoms with Crippen LogP contribution in [0.15, 0.2) is 72.8 Å². The summed E-state index contributed by atoms with van der Waals surface area (Å²) in [5.41, 5.74) is 3.36. The smallest absolute Gasteiger partial charge is 0.416 e. The third kappa shape index (κ3) is 9.20. The number of piperidine rings is 1. The molecule has 0 unspecified atom stereocenters. The maximum atomic E-state index is 13.1. The number of nitrogens with zero attached hydrogens (tertiary/aromatic N) is 2. The van der Waals surface area contributed by atoms with E-state index < -0.39 is 11.7 Å². The van der Waals surface area contributed by atoms with E-state index in [1.54, 1.807) is 12.1 Å². The lowest BCUT2D eigenvalue weighted by molar-refractivity contribution is -0.137. The zero-order chi connectivity index (χ0) is 27.2. The summed E-state index contributed by atoms with van der Waals surface area (Å²) in [6.07, 6.45) is -0.915. The van der Waals surface area contributed by atoms with Crippen LogP contribution < -0.4 is 4.74 Å². The van der Waals surface area contributed by atoms with Crippen molar-refractivity contribution in [1.82, 2.24) is 9.80 Å². The van der Waals surface area contributed by atoms with Gasteiger partial charge in [0.25, 0.3) is 0 Å². The van der Waals surface area contributed by atoms with E-state index >= 15 is 0 Å². The van der Waals surface area contributed by atoms with Crippen LogP contribution in [0.3, 0.4) is 0 Å². The molecule has 1 saturated heterocycles. The molecule has 222 valence electrons. The van der Waals surface area contributed by atoms with Crippen LogP contribution in [0.4, 0.5) is 13.2 Å². The van der Waals surface area contributed by atoms with Crippen molar-refractivity contribution in [3.63, 3.8) is 0 Å². The Labute approximate surface area is 252 Å². The Morgan fingerprint density at radius 1 is 0.829 bits per heavy atom. The molecule has 0 atom stereocenters. The third-order valence-electron chi connectivity index (χ3n) is 7.86. The second-order valence-electron chi connectivity index (χ2n) is 10.7. The SMILES string of the molecule is Cl.Cl.O=C(CCC1CCN(Cc2ccc(C(F)(F)F)cc2)CC1)c1ccc2c(c1)CN(Cc1ccccc1)CCO2. The number of hydrogen-bond donors (Lipinski definition) is 0. The van der Waals surface area contributed by atoms with E-state index in [0.717, 1.165) is 86.6 Å². The van der Waals surface area contributed by atoms with Gasteiger partial charge in [-0.2, -0.15) is 13.2 Å². The molecule has 5 rings (SSSR count). The number of rotatable bonds is 8. The first-order chi connectivity index (χ1) is 18.8. The van der Waals surface area contributed by atoms with Gasteiger partial charge in [-0.25, -0.2) is 0 Å². The molecule has 4 nitrogen and oxygen atoms in total. The van der Waals surface area contributed by atoms with Crippen molar-refractivity contribution in [2.45, 2.75) is 51.5 Å². The van der Waals surface area contributed by atoms with E-state index in [-0.39, 0.29) is 30.6 Å². The fraction of sp³-hybridized carbons (Fsp3) is 0.406. The largest absolute Gasteiger partial charge is 0.492 e. The van der Waals surface area contributed by atoms with Gasteiger partial charge in [-0.05, 0) is 79.7 Å². The molecule has 0 radical (unpaired) electrons. The molecule has 2 aliphatic rings. The maximum Gasteiger partial charge on any atom is 0.416 e. The number of halogens is 5. The quantitative estimate of drug-likeness (QED) is 0.244. The molecule has 0 spiro atoms. The highest BCUT2D eigenvalue weighted by Crippen LogP contribution is 2.30. The van der Waals surface area contributed by atoms with E-state index in [4.69, 9.17) is 4.74 Å². The number of ether oxygens (including phenoxy) is 1. The summed E-state index contributed by atoms with van der Waals surface area (Å²) in [7, 11) is 0. The van der Waals surface area contributed by atoms with E-state index in [9.17, 15) is 18.0 Å². The molecule has 2 aliphatic heterocycles. The molecule has 0 amide bonds. The van der Waals surface area contributed by atoms with Gasteiger partial charge in [-0.15, -0.1) is 24.8 Å². The van der Waals surface area contributed by atoms with Gasteiger partial charge < -0.3 is 4.74 Å². The van der Waals surface area contributed by atoms with Gasteiger partial charge in [0.05, 0.1) is 5.56 Å². The fourth-order valence-corrected chi connectivity index (χ4v) is 5.57. The van der Waals surface area contributed by atoms with Crippen molar-refractivity contribution < 1.29 is 22.7 Å². The number of Topliss-reactive ketones (excluding diaryl/α,β-unsaturated/α-hetero) is 1. The molecule has 3 aromatic carbocycles. The van der Waals surface area contributed by atoms with Crippen LogP contribution >= 0.6 is 24.8 Å². The van der Waals surface area contributed by atoms with Crippen LogP contribution in [0.1, 0.15) is 58.3 Å². The third-order valence-corrected chi connectivity index (χ3v) is 7.86. The van der Waals surface area contributed by atoms with Gasteiger partial charge in [0.2, 0.25) is 0 Å². The highest BCUT2D eigenvalue weighted by Gasteiger charge is 2.30. The van der Waals surface area contributed by atoms with Crippen molar-refractivity contribution in [2.75, 3.05) is 26.2 Å². The average molecular weight is 610 g/mol. The van der Waals surface area contributed by atoms with Crippen molar-refractivity contribution >= 4 is 30.6 Å². The zero-order valence-corrected chi connectivity index (χ0v) is 24.6. The summed E-state index contributed by atoms with van der Waals surface area (Å²) in [6.45, 7) is 5.51. The van der Waals surface area contributed by atoms with Gasteiger partial charge in [0.15, 0.2) is 5.78 Å². The highest BCUT2D eigenvalue weighted by atomic mass is 35.5. The van der Waals surface area contributed by atoms with Gasteiger partial charge in [-0.3, -0.25) is 14.6 Å². The molecule has 0 aromatic heterocycles. The summed E-state index contributed by atoms with van der Waals surface area (Å²) in [5.74, 6) is 1.52. The Morgan fingerprint density at radius 3 is 2.17 bits per heavy atom. The molecule has 1 fully saturated rings. The van der Waals surface area contributed by atoms with Crippen molar-refractivity contribution in [2.24, 2.45) is 5.92 Å². The number of ketones is 1. The normalized spacial score (nSPS) is 16.5. The minimum absolute atomic E-state index is 0. The van der Waals surface area contributed by atoms with E-state index in [1.165, 1.54) is 5.56 Å². The first-order valence-electron chi connectivity index (χ1n) is 13.8. The van der Waals surface area contributed by atoms with Crippen LogP contribution in [0.5, 0.6) is 5.75 Å². The van der Waals surface area contributed by atoms with E-state index in [1.807, 2.05) is 24.3 Å². The molecular formula is C32H37Cl2F3N2O2. The highest BCUT2D eigenvalue weighted by molar-refractivity contribution is 5.96. The summed E-state index contributed by atoms with van der Waals surface area (Å²) in [4.78, 5) is 17.7. The number of alkyl halides is 3. The number of carbonyl (C=O) groups excluding carboxylic acids is 1. The second-order valence-corrected chi connectivity index (χ2v) is 10.7. The molecule has 9 heteroatoms. The number of carbonyl (C=O) groups is 1. The van der Waals surface area contributed by atoms with Crippen molar-refractivity contribution in [1.29, 1.82) is 0 Å². The Bertz CT molecular complexity index is 1250. The summed E-state index contributed by atoms with van der Waals surface area (Å²) < 4.78 is 44.4. The molecule has 2 heterocycles. The molecule has 0 saturated carbocycles. The van der Waals surface area contributed by atoms with Gasteiger partial charge in [-0.1, -0.05) is 42.5 Å². The molecule has 0 aliphatic carbocycles. The van der Waals surface area contributed by atoms with Gasteiger partial charge in [0.1, 0.15) is 12.4 Å². The molecular weight excluding hydrogens is 572 g/mol. The second kappa shape index (κ2) is 15.1. The first-order valence-corrected chi connectivity index (χ1v) is 13.8. The summed E-state index contributed by atoms with van der Waals surface area (Å²) in [5, 5.41) is 0. The monoisotopic (exact) mass is 608 g/mol. The standard InChI is InChI=1S/C32H35F3N2O2.2ClH/c33-32(34,35)29-10-6-26(7-11-29)21-36-16-14-24(15-17-36)8-12-30(38)27-9-13-31-28(20-27)23-37(18-19-39-31)22-25-4-2-1-3-5-25;;/h1-7,9-11,13,20,24H,8,12,14-19,21-23H2;2*1H. The van der Waals surface area contributed by atoms with Crippen LogP contribution in [0.2, 0.25) is 0 Å². The summed E-state index contributed by atoms with van der Waals surface area (Å²) in [6, 6.07) is 21.7. The Balaban J connectivity index is 0.00000231. The number of likely N-dealkylation sites (tertiary alicyclic amines) is 1. The average Bonchev–Trinajstić information content (AvgIpc) is 3.14. The van der Waals surface area contributed by atoms with Gasteiger partial charge >= 0.3 is 6.18 Å². The van der Waals surface area contributed by atoms with E-state index in [2.05, 4.69) is 34.1 Å². The van der Waals surface area contributed by atoms with Crippen LogP contribution in [-0.4, -0.2) is 41.8 Å². The van der Waals surface area contributed by atoms with Crippen LogP contribution in [-0.2, 0) is 25.8 Å². The number of hydrogen-bond acceptors (Lipinski definition) is 4. The van der Waals surface area contributed by atoms with E-state index in [0.29, 0.717) is 25.5 Å². The fourth-order valence-electron chi connectivity index (χ4n) is 5.57. The van der Waals surface area contributed by atoms with Gasteiger partial charge in [0, 0.05) is 43.7 Å². The van der Waals surface area contributed by atoms with Crippen LogP contribution in [0.25, 0.3) is 0 Å². The maximum absolute atomic E-state index is 13.1. The summed E-state index contributed by atoms with van der Waals surface area (Å²) >= 11 is 0. The van der Waals surface area contributed by atoms with Crippen molar-refractivity contribution in [3.8, 4) is 5.75 Å². The van der Waals surface area contributed by atoms with Crippen molar-refractivity contribution in [3.05, 3.63) is 101 Å². The topological polar surface area (TPSA) is 32.8 Å². The molecule has 0 bridgehead atoms. The zero-order valence-electron chi connectivity index (χ0n) is 22.9.